The smallest absolute Gasteiger partial charge is 0.142 e. The van der Waals surface area contributed by atoms with Gasteiger partial charge in [0.15, 0.2) is 0 Å². The first kappa shape index (κ1) is 16.6. The highest BCUT2D eigenvalue weighted by molar-refractivity contribution is 6.30. The molecule has 24 heavy (non-hydrogen) atoms. The lowest BCUT2D eigenvalue weighted by atomic mass is 9.95. The molecule has 2 atom stereocenters. The van der Waals surface area contributed by atoms with Crippen molar-refractivity contribution in [2.24, 2.45) is 5.73 Å². The summed E-state index contributed by atoms with van der Waals surface area (Å²) < 4.78 is 13.3. The Hall–Kier alpha value is -2.27. The predicted molar refractivity (Wildman–Crippen MR) is 93.0 cm³/mol. The van der Waals surface area contributed by atoms with Crippen LogP contribution < -0.4 is 5.73 Å². The molecule has 5 heteroatoms. The van der Waals surface area contributed by atoms with Gasteiger partial charge in [-0.2, -0.15) is 0 Å². The summed E-state index contributed by atoms with van der Waals surface area (Å²) in [4.78, 5) is 3.84. The summed E-state index contributed by atoms with van der Waals surface area (Å²) >= 11 is 5.86. The van der Waals surface area contributed by atoms with Crippen LogP contribution in [0.4, 0.5) is 4.39 Å². The molecule has 2 aromatic carbocycles. The highest BCUT2D eigenvalue weighted by Gasteiger charge is 2.18. The second kappa shape index (κ2) is 7.09. The van der Waals surface area contributed by atoms with Gasteiger partial charge in [0, 0.05) is 16.8 Å². The van der Waals surface area contributed by atoms with Gasteiger partial charge >= 0.3 is 0 Å². The third-order valence-electron chi connectivity index (χ3n) is 3.89. The van der Waals surface area contributed by atoms with Gasteiger partial charge in [0.25, 0.3) is 0 Å². The van der Waals surface area contributed by atoms with Gasteiger partial charge in [-0.15, -0.1) is 0 Å². The second-order valence-corrected chi connectivity index (χ2v) is 5.97. The lowest BCUT2D eigenvalue weighted by Crippen LogP contribution is -2.19. The van der Waals surface area contributed by atoms with E-state index in [9.17, 15) is 9.50 Å². The molecule has 3 N–H and O–H groups in total. The Labute approximate surface area is 144 Å². The number of halogens is 2. The number of aromatic nitrogens is 1. The zero-order valence-corrected chi connectivity index (χ0v) is 13.5. The minimum absolute atomic E-state index is 0.388. The molecule has 0 aliphatic carbocycles. The molecule has 3 rings (SSSR count). The average Bonchev–Trinajstić information content (AvgIpc) is 2.61. The van der Waals surface area contributed by atoms with E-state index in [1.807, 2.05) is 12.1 Å². The van der Waals surface area contributed by atoms with Crippen molar-refractivity contribution in [2.45, 2.75) is 12.1 Å². The van der Waals surface area contributed by atoms with Crippen molar-refractivity contribution >= 4 is 11.6 Å². The number of aliphatic hydroxyl groups excluding tert-OH is 1. The number of hydrogen-bond acceptors (Lipinski definition) is 3. The van der Waals surface area contributed by atoms with Crippen molar-refractivity contribution in [3.05, 3.63) is 89.0 Å². The second-order valence-electron chi connectivity index (χ2n) is 5.54. The van der Waals surface area contributed by atoms with E-state index in [-0.39, 0.29) is 5.82 Å². The van der Waals surface area contributed by atoms with Crippen molar-refractivity contribution in [3.8, 4) is 11.1 Å². The summed E-state index contributed by atoms with van der Waals surface area (Å²) in [6, 6.07) is 15.1. The molecular formula is C19H16ClFN2O. The highest BCUT2D eigenvalue weighted by atomic mass is 35.5. The normalized spacial score (nSPS) is 13.5. The van der Waals surface area contributed by atoms with Gasteiger partial charge in [0.05, 0.1) is 18.3 Å². The highest BCUT2D eigenvalue weighted by Crippen LogP contribution is 2.29. The lowest BCUT2D eigenvalue weighted by Gasteiger charge is -2.20. The van der Waals surface area contributed by atoms with Crippen LogP contribution in [0.3, 0.4) is 0 Å². The third kappa shape index (κ3) is 3.62. The van der Waals surface area contributed by atoms with Gasteiger partial charge in [0.2, 0.25) is 0 Å². The molecular weight excluding hydrogens is 327 g/mol. The predicted octanol–water partition coefficient (Wildman–Crippen LogP) is 4.27. The van der Waals surface area contributed by atoms with E-state index in [1.54, 1.807) is 42.6 Å². The monoisotopic (exact) mass is 342 g/mol. The molecule has 1 aromatic heterocycles. The van der Waals surface area contributed by atoms with E-state index in [0.29, 0.717) is 16.1 Å². The number of aliphatic hydroxyl groups is 1. The number of nitrogens with two attached hydrogens (primary N) is 1. The molecule has 0 spiro atoms. The molecule has 0 amide bonds. The van der Waals surface area contributed by atoms with Gasteiger partial charge in [-0.1, -0.05) is 48.0 Å². The van der Waals surface area contributed by atoms with Crippen LogP contribution in [0.15, 0.2) is 67.0 Å². The van der Waals surface area contributed by atoms with Crippen LogP contribution >= 0.6 is 11.6 Å². The summed E-state index contributed by atoms with van der Waals surface area (Å²) in [5, 5.41) is 11.1. The summed E-state index contributed by atoms with van der Waals surface area (Å²) in [6.07, 6.45) is 1.90. The largest absolute Gasteiger partial charge is 0.386 e. The number of pyridine rings is 1. The van der Waals surface area contributed by atoms with Gasteiger partial charge in [0.1, 0.15) is 5.82 Å². The molecule has 3 nitrogen and oxygen atoms in total. The third-order valence-corrected chi connectivity index (χ3v) is 4.14. The number of hydrogen-bond donors (Lipinski definition) is 2. The Balaban J connectivity index is 1.80. The van der Waals surface area contributed by atoms with Crippen LogP contribution in [0.5, 0.6) is 0 Å². The molecule has 0 aliphatic heterocycles. The molecule has 0 saturated carbocycles. The van der Waals surface area contributed by atoms with Crippen molar-refractivity contribution in [3.63, 3.8) is 0 Å². The lowest BCUT2D eigenvalue weighted by molar-refractivity contribution is 0.147. The number of benzene rings is 2. The molecule has 0 bridgehead atoms. The first-order valence-corrected chi connectivity index (χ1v) is 7.82. The Bertz CT molecular complexity index is 822. The fraction of sp³-hybridized carbons (Fsp3) is 0.105. The topological polar surface area (TPSA) is 59.1 Å². The summed E-state index contributed by atoms with van der Waals surface area (Å²) in [5.74, 6) is -0.388. The van der Waals surface area contributed by atoms with Gasteiger partial charge in [-0.3, -0.25) is 4.98 Å². The number of rotatable bonds is 4. The zero-order chi connectivity index (χ0) is 17.1. The van der Waals surface area contributed by atoms with Crippen molar-refractivity contribution in [1.82, 2.24) is 4.98 Å². The first-order valence-electron chi connectivity index (χ1n) is 7.44. The number of nitrogens with zero attached hydrogens (tertiary/aromatic N) is 1. The molecule has 3 aromatic rings. The van der Waals surface area contributed by atoms with Crippen LogP contribution in [0, 0.1) is 5.82 Å². The van der Waals surface area contributed by atoms with Gasteiger partial charge in [-0.25, -0.2) is 4.39 Å². The molecule has 122 valence electrons. The minimum Gasteiger partial charge on any atom is -0.386 e. The molecule has 0 radical (unpaired) electrons. The first-order chi connectivity index (χ1) is 11.5. The fourth-order valence-corrected chi connectivity index (χ4v) is 2.64. The van der Waals surface area contributed by atoms with E-state index in [2.05, 4.69) is 4.98 Å². The quantitative estimate of drug-likeness (QED) is 0.744. The summed E-state index contributed by atoms with van der Waals surface area (Å²) in [7, 11) is 0. The van der Waals surface area contributed by atoms with Crippen molar-refractivity contribution in [2.75, 3.05) is 0 Å². The maximum atomic E-state index is 13.3. The molecule has 0 fully saturated rings. The Morgan fingerprint density at radius 2 is 1.54 bits per heavy atom. The van der Waals surface area contributed by atoms with E-state index in [1.165, 1.54) is 6.07 Å². The summed E-state index contributed by atoms with van der Waals surface area (Å²) in [6.45, 7) is 0. The van der Waals surface area contributed by atoms with E-state index in [0.717, 1.165) is 17.3 Å². The van der Waals surface area contributed by atoms with Gasteiger partial charge in [-0.05, 0) is 34.9 Å². The van der Waals surface area contributed by atoms with Gasteiger partial charge < -0.3 is 10.8 Å². The Morgan fingerprint density at radius 3 is 2.17 bits per heavy atom. The molecule has 1 heterocycles. The van der Waals surface area contributed by atoms with Crippen LogP contribution in [0.2, 0.25) is 5.02 Å². The zero-order valence-electron chi connectivity index (χ0n) is 12.7. The fourth-order valence-electron chi connectivity index (χ4n) is 2.52. The standard InChI is InChI=1S/C19H16ClFN2O/c20-16-7-5-13(6-8-16)18(22)19(24)14-3-1-12(2-4-14)15-9-17(21)11-23-10-15/h1-11,18-19,24H,22H2/t18-,19+/m0/s1. The molecule has 0 aliphatic rings. The van der Waals surface area contributed by atoms with Crippen LogP contribution in [0.1, 0.15) is 23.3 Å². The van der Waals surface area contributed by atoms with Crippen molar-refractivity contribution in [1.29, 1.82) is 0 Å². The molecule has 0 unspecified atom stereocenters. The van der Waals surface area contributed by atoms with Crippen LogP contribution in [-0.4, -0.2) is 10.1 Å². The van der Waals surface area contributed by atoms with E-state index >= 15 is 0 Å². The Morgan fingerprint density at radius 1 is 0.917 bits per heavy atom. The van der Waals surface area contributed by atoms with E-state index in [4.69, 9.17) is 17.3 Å². The maximum Gasteiger partial charge on any atom is 0.142 e. The summed E-state index contributed by atoms with van der Waals surface area (Å²) in [5.41, 5.74) is 9.12. The maximum absolute atomic E-state index is 13.3. The SMILES string of the molecule is N[C@@H](c1ccc(Cl)cc1)[C@H](O)c1ccc(-c2cncc(F)c2)cc1. The minimum atomic E-state index is -0.856. The average molecular weight is 343 g/mol. The van der Waals surface area contributed by atoms with Crippen molar-refractivity contribution < 1.29 is 9.50 Å². The molecule has 0 saturated heterocycles. The van der Waals surface area contributed by atoms with Crippen LogP contribution in [-0.2, 0) is 0 Å². The van der Waals surface area contributed by atoms with E-state index < -0.39 is 12.1 Å². The Kier molecular flexibility index (Phi) is 4.90. The van der Waals surface area contributed by atoms with Crippen LogP contribution in [0.25, 0.3) is 11.1 Å².